The van der Waals surface area contributed by atoms with Crippen LogP contribution in [0.5, 0.6) is 0 Å². The highest BCUT2D eigenvalue weighted by Gasteiger charge is 2.30. The minimum atomic E-state index is -3.43. The zero-order valence-electron chi connectivity index (χ0n) is 16.6. The van der Waals surface area contributed by atoms with Crippen molar-refractivity contribution in [2.45, 2.75) is 70.1 Å². The first-order chi connectivity index (χ1) is 13.5. The molecule has 0 atom stereocenters. The average molecular weight is 382 g/mol. The van der Waals surface area contributed by atoms with E-state index in [1.807, 2.05) is 0 Å². The number of alkyl halides is 2. The maximum atomic E-state index is 13.4. The minimum absolute atomic E-state index is 0.258. The van der Waals surface area contributed by atoms with Gasteiger partial charge in [-0.05, 0) is 54.2 Å². The van der Waals surface area contributed by atoms with E-state index in [1.54, 1.807) is 12.1 Å². The lowest BCUT2D eigenvalue weighted by molar-refractivity contribution is 0.0613. The van der Waals surface area contributed by atoms with Crippen molar-refractivity contribution in [2.24, 2.45) is 5.92 Å². The molecule has 3 heteroatoms. The maximum Gasteiger partial charge on any atom is 0.357 e. The number of halogens is 2. The molecule has 1 saturated carbocycles. The zero-order valence-corrected chi connectivity index (χ0v) is 16.6. The van der Waals surface area contributed by atoms with Crippen LogP contribution in [-0.2, 0) is 5.92 Å². The van der Waals surface area contributed by atoms with E-state index in [1.165, 1.54) is 69.1 Å². The van der Waals surface area contributed by atoms with Gasteiger partial charge in [0.25, 0.3) is 0 Å². The lowest BCUT2D eigenvalue weighted by Crippen LogP contribution is -2.13. The second-order valence-corrected chi connectivity index (χ2v) is 8.10. The Labute approximate surface area is 167 Å². The normalized spacial score (nSPS) is 19.9. The fourth-order valence-corrected chi connectivity index (χ4v) is 4.35. The van der Waals surface area contributed by atoms with E-state index in [0.717, 1.165) is 23.1 Å². The number of rotatable bonds is 7. The topological polar surface area (TPSA) is 23.8 Å². The summed E-state index contributed by atoms with van der Waals surface area (Å²) in [6.45, 7) is 2.26. The highest BCUT2D eigenvalue weighted by molar-refractivity contribution is 5.64. The van der Waals surface area contributed by atoms with Crippen LogP contribution >= 0.6 is 0 Å². The Balaban J connectivity index is 1.59. The fourth-order valence-electron chi connectivity index (χ4n) is 4.35. The van der Waals surface area contributed by atoms with E-state index in [9.17, 15) is 8.78 Å². The third-order valence-electron chi connectivity index (χ3n) is 6.17. The molecule has 0 bridgehead atoms. The first kappa shape index (κ1) is 20.5. The van der Waals surface area contributed by atoms with E-state index in [0.29, 0.717) is 5.92 Å². The molecule has 2 aromatic carbocycles. The van der Waals surface area contributed by atoms with Gasteiger partial charge < -0.3 is 0 Å². The van der Waals surface area contributed by atoms with E-state index in [4.69, 9.17) is 5.26 Å². The Hall–Kier alpha value is -2.21. The van der Waals surface area contributed by atoms with Crippen molar-refractivity contribution in [1.82, 2.24) is 0 Å². The third-order valence-corrected chi connectivity index (χ3v) is 6.17. The Kier molecular flexibility index (Phi) is 6.83. The summed E-state index contributed by atoms with van der Waals surface area (Å²) in [7, 11) is 0. The number of benzene rings is 2. The molecule has 0 saturated heterocycles. The second-order valence-electron chi connectivity index (χ2n) is 8.10. The molecule has 3 rings (SSSR count). The number of unbranched alkanes of at least 4 members (excludes halogenated alkanes) is 2. The van der Waals surface area contributed by atoms with Gasteiger partial charge in [-0.3, -0.25) is 0 Å². The van der Waals surface area contributed by atoms with Gasteiger partial charge in [-0.15, -0.1) is 0 Å². The zero-order chi connectivity index (χ0) is 20.0. The number of nitriles is 1. The van der Waals surface area contributed by atoms with Crippen molar-refractivity contribution in [1.29, 1.82) is 5.26 Å². The Morgan fingerprint density at radius 1 is 0.893 bits per heavy atom. The van der Waals surface area contributed by atoms with Crippen LogP contribution in [0.1, 0.15) is 75.3 Å². The molecule has 0 unspecified atom stereocenters. The molecule has 1 fully saturated rings. The van der Waals surface area contributed by atoms with Crippen LogP contribution in [-0.4, -0.2) is 0 Å². The Morgan fingerprint density at radius 2 is 1.46 bits per heavy atom. The van der Waals surface area contributed by atoms with E-state index >= 15 is 0 Å². The molecule has 148 valence electrons. The van der Waals surface area contributed by atoms with Gasteiger partial charge in [-0.25, -0.2) is 0 Å². The van der Waals surface area contributed by atoms with E-state index in [-0.39, 0.29) is 5.56 Å². The predicted octanol–water partition coefficient (Wildman–Crippen LogP) is 7.82. The predicted molar refractivity (Wildman–Crippen MR) is 110 cm³/mol. The van der Waals surface area contributed by atoms with Gasteiger partial charge in [0.2, 0.25) is 0 Å². The van der Waals surface area contributed by atoms with Crippen LogP contribution in [0.4, 0.5) is 8.78 Å². The average Bonchev–Trinajstić information content (AvgIpc) is 2.75. The van der Waals surface area contributed by atoms with Crippen LogP contribution < -0.4 is 0 Å². The van der Waals surface area contributed by atoms with Crippen molar-refractivity contribution in [3.05, 3.63) is 59.7 Å². The first-order valence-corrected chi connectivity index (χ1v) is 10.5. The molecule has 0 amide bonds. The van der Waals surface area contributed by atoms with Gasteiger partial charge in [0.15, 0.2) is 0 Å². The molecule has 28 heavy (non-hydrogen) atoms. The number of nitrogens with zero attached hydrogens (tertiary/aromatic N) is 1. The van der Waals surface area contributed by atoms with Crippen LogP contribution in [0, 0.1) is 17.2 Å². The van der Waals surface area contributed by atoms with Gasteiger partial charge in [0.1, 0.15) is 6.07 Å². The highest BCUT2D eigenvalue weighted by atomic mass is 19.3. The minimum Gasteiger partial charge on any atom is -0.191 e. The van der Waals surface area contributed by atoms with Gasteiger partial charge in [-0.2, -0.15) is 14.0 Å². The fraction of sp³-hybridized carbons (Fsp3) is 0.480. The van der Waals surface area contributed by atoms with Gasteiger partial charge in [0.05, 0.1) is 0 Å². The summed E-state index contributed by atoms with van der Waals surface area (Å²) < 4.78 is 26.9. The SMILES string of the molecule is CCCCCC1CCC(c2ccc(-c3ccc(C(F)(F)C#N)cc3)cc2)CC1. The summed E-state index contributed by atoms with van der Waals surface area (Å²) >= 11 is 0. The van der Waals surface area contributed by atoms with Crippen molar-refractivity contribution in [2.75, 3.05) is 0 Å². The summed E-state index contributed by atoms with van der Waals surface area (Å²) in [6.07, 6.45) is 10.6. The van der Waals surface area contributed by atoms with Crippen LogP contribution in [0.25, 0.3) is 11.1 Å². The maximum absolute atomic E-state index is 13.4. The third kappa shape index (κ3) is 4.98. The molecule has 0 spiro atoms. The molecule has 1 nitrogen and oxygen atoms in total. The molecular formula is C25H29F2N. The van der Waals surface area contributed by atoms with Crippen LogP contribution in [0.2, 0.25) is 0 Å². The molecule has 0 aliphatic heterocycles. The Morgan fingerprint density at radius 3 is 2.00 bits per heavy atom. The summed E-state index contributed by atoms with van der Waals surface area (Å²) in [4.78, 5) is 0. The van der Waals surface area contributed by atoms with Gasteiger partial charge in [-0.1, -0.05) is 81.1 Å². The summed E-state index contributed by atoms with van der Waals surface area (Å²) in [5, 5.41) is 8.56. The molecule has 0 radical (unpaired) electrons. The van der Waals surface area contributed by atoms with Gasteiger partial charge in [0, 0.05) is 5.56 Å². The van der Waals surface area contributed by atoms with Crippen molar-refractivity contribution < 1.29 is 8.78 Å². The summed E-state index contributed by atoms with van der Waals surface area (Å²) in [5.74, 6) is -1.88. The highest BCUT2D eigenvalue weighted by Crippen LogP contribution is 2.38. The summed E-state index contributed by atoms with van der Waals surface area (Å²) in [5.41, 5.74) is 3.04. The Bertz CT molecular complexity index is 779. The van der Waals surface area contributed by atoms with Crippen molar-refractivity contribution in [3.63, 3.8) is 0 Å². The quantitative estimate of drug-likeness (QED) is 0.448. The van der Waals surface area contributed by atoms with E-state index in [2.05, 4.69) is 31.2 Å². The van der Waals surface area contributed by atoms with Crippen molar-refractivity contribution >= 4 is 0 Å². The molecule has 0 N–H and O–H groups in total. The lowest BCUT2D eigenvalue weighted by Gasteiger charge is -2.29. The molecule has 1 aliphatic rings. The largest absolute Gasteiger partial charge is 0.357 e. The monoisotopic (exact) mass is 381 g/mol. The second kappa shape index (κ2) is 9.32. The first-order valence-electron chi connectivity index (χ1n) is 10.5. The lowest BCUT2D eigenvalue weighted by atomic mass is 9.77. The number of hydrogen-bond donors (Lipinski definition) is 0. The van der Waals surface area contributed by atoms with Crippen LogP contribution in [0.15, 0.2) is 48.5 Å². The van der Waals surface area contributed by atoms with E-state index < -0.39 is 5.92 Å². The molecular weight excluding hydrogens is 352 g/mol. The van der Waals surface area contributed by atoms with Crippen molar-refractivity contribution in [3.8, 4) is 17.2 Å². The van der Waals surface area contributed by atoms with Gasteiger partial charge >= 0.3 is 5.92 Å². The molecule has 2 aromatic rings. The molecule has 0 heterocycles. The van der Waals surface area contributed by atoms with Crippen LogP contribution in [0.3, 0.4) is 0 Å². The molecule has 1 aliphatic carbocycles. The standard InChI is InChI=1S/C25H29F2N/c1-2-3-4-5-19-6-8-20(9-7-19)21-10-12-22(13-11-21)23-14-16-24(17-15-23)25(26,27)18-28/h10-17,19-20H,2-9H2,1H3. The number of hydrogen-bond acceptors (Lipinski definition) is 1. The molecule has 0 aromatic heterocycles. The smallest absolute Gasteiger partial charge is 0.191 e. The summed E-state index contributed by atoms with van der Waals surface area (Å²) in [6, 6.07) is 15.6.